The molecular weight excluding hydrogens is 382 g/mol. The van der Waals surface area contributed by atoms with Gasteiger partial charge in [0.15, 0.2) is 5.43 Å². The van der Waals surface area contributed by atoms with Crippen molar-refractivity contribution in [3.8, 4) is 0 Å². The van der Waals surface area contributed by atoms with Gasteiger partial charge in [-0.1, -0.05) is 36.4 Å². The fourth-order valence-corrected chi connectivity index (χ4v) is 3.70. The van der Waals surface area contributed by atoms with Crippen LogP contribution in [0.4, 0.5) is 0 Å². The first-order valence-corrected chi connectivity index (χ1v) is 10.4. The lowest BCUT2D eigenvalue weighted by atomic mass is 10.1. The summed E-state index contributed by atoms with van der Waals surface area (Å²) in [6.45, 7) is 0.0596. The van der Waals surface area contributed by atoms with E-state index in [0.29, 0.717) is 10.8 Å². The van der Waals surface area contributed by atoms with Crippen LogP contribution < -0.4 is 10.9 Å². The van der Waals surface area contributed by atoms with Crippen molar-refractivity contribution in [1.29, 1.82) is 0 Å². The van der Waals surface area contributed by atoms with E-state index in [-0.39, 0.29) is 17.9 Å². The van der Waals surface area contributed by atoms with Crippen LogP contribution in [-0.4, -0.2) is 22.9 Å². The summed E-state index contributed by atoms with van der Waals surface area (Å²) in [5.74, 6) is -0.263. The minimum Gasteiger partial charge on any atom is -0.331 e. The zero-order valence-electron chi connectivity index (χ0n) is 15.8. The minimum absolute atomic E-state index is 0.0282. The monoisotopic (exact) mass is 401 g/mol. The molecule has 4 aromatic rings. The predicted molar refractivity (Wildman–Crippen MR) is 120 cm³/mol. The second-order valence-corrected chi connectivity index (χ2v) is 7.40. The first-order chi connectivity index (χ1) is 14.2. The van der Waals surface area contributed by atoms with Crippen LogP contribution in [-0.2, 0) is 11.3 Å². The molecule has 1 heterocycles. The van der Waals surface area contributed by atoms with Gasteiger partial charge in [-0.2, -0.15) is 5.10 Å². The van der Waals surface area contributed by atoms with Crippen molar-refractivity contribution in [3.63, 3.8) is 0 Å². The molecule has 0 aliphatic carbocycles. The number of fused-ring (bicyclic) bond motifs is 2. The van der Waals surface area contributed by atoms with Crippen molar-refractivity contribution in [2.75, 3.05) is 6.26 Å². The molecule has 0 saturated heterocycles. The molecule has 1 N–H and O–H groups in total. The summed E-state index contributed by atoms with van der Waals surface area (Å²) in [6.07, 6.45) is 3.64. The Balaban J connectivity index is 1.61. The number of hydrazone groups is 1. The first kappa shape index (κ1) is 19.0. The molecule has 0 aliphatic heterocycles. The fourth-order valence-electron chi connectivity index (χ4n) is 3.29. The zero-order valence-corrected chi connectivity index (χ0v) is 16.6. The summed E-state index contributed by atoms with van der Waals surface area (Å²) in [5, 5.41) is 5.25. The van der Waals surface area contributed by atoms with Crippen LogP contribution in [0, 0.1) is 0 Å². The third-order valence-electron chi connectivity index (χ3n) is 4.70. The first-order valence-electron chi connectivity index (χ1n) is 9.13. The number of hydrogen-bond acceptors (Lipinski definition) is 4. The molecule has 0 unspecified atom stereocenters. The Morgan fingerprint density at radius 3 is 2.14 bits per heavy atom. The highest BCUT2D eigenvalue weighted by atomic mass is 32.2. The molecule has 0 radical (unpaired) electrons. The van der Waals surface area contributed by atoms with Gasteiger partial charge in [0.2, 0.25) is 0 Å². The largest absolute Gasteiger partial charge is 0.331 e. The molecule has 29 heavy (non-hydrogen) atoms. The second kappa shape index (κ2) is 8.32. The van der Waals surface area contributed by atoms with E-state index in [1.165, 1.54) is 4.90 Å². The summed E-state index contributed by atoms with van der Waals surface area (Å²) in [4.78, 5) is 26.5. The lowest BCUT2D eigenvalue weighted by Gasteiger charge is -2.14. The molecule has 0 atom stereocenters. The minimum atomic E-state index is -0.263. The van der Waals surface area contributed by atoms with Crippen LogP contribution in [0.2, 0.25) is 0 Å². The average Bonchev–Trinajstić information content (AvgIpc) is 2.77. The third-order valence-corrected chi connectivity index (χ3v) is 5.44. The van der Waals surface area contributed by atoms with Crippen LogP contribution >= 0.6 is 11.8 Å². The number of carbonyl (C=O) groups excluding carboxylic acids is 1. The molecule has 3 aromatic carbocycles. The van der Waals surface area contributed by atoms with Gasteiger partial charge in [0.05, 0.1) is 17.2 Å². The third kappa shape index (κ3) is 3.93. The van der Waals surface area contributed by atoms with Gasteiger partial charge < -0.3 is 4.57 Å². The Morgan fingerprint density at radius 1 is 0.966 bits per heavy atom. The van der Waals surface area contributed by atoms with Gasteiger partial charge in [-0.3, -0.25) is 9.59 Å². The number of thioether (sulfide) groups is 1. The van der Waals surface area contributed by atoms with Crippen molar-refractivity contribution in [1.82, 2.24) is 9.99 Å². The molecule has 0 aliphatic rings. The fraction of sp³-hybridized carbons (Fsp3) is 0.0870. The normalized spacial score (nSPS) is 11.3. The van der Waals surface area contributed by atoms with E-state index >= 15 is 0 Å². The summed E-state index contributed by atoms with van der Waals surface area (Å²) in [7, 11) is 0. The molecule has 1 amide bonds. The van der Waals surface area contributed by atoms with E-state index in [9.17, 15) is 9.59 Å². The van der Waals surface area contributed by atoms with Gasteiger partial charge in [0.1, 0.15) is 6.54 Å². The lowest BCUT2D eigenvalue weighted by Crippen LogP contribution is -2.25. The summed E-state index contributed by atoms with van der Waals surface area (Å²) in [5.41, 5.74) is 4.91. The van der Waals surface area contributed by atoms with E-state index < -0.39 is 0 Å². The number of nitrogens with zero attached hydrogens (tertiary/aromatic N) is 2. The van der Waals surface area contributed by atoms with Crippen molar-refractivity contribution in [2.45, 2.75) is 11.4 Å². The number of carbonyl (C=O) groups is 1. The Kier molecular flexibility index (Phi) is 5.44. The Labute approximate surface area is 172 Å². The van der Waals surface area contributed by atoms with Gasteiger partial charge in [0, 0.05) is 15.7 Å². The summed E-state index contributed by atoms with van der Waals surface area (Å²) in [6, 6.07) is 22.6. The number of benzene rings is 3. The number of amides is 1. The molecule has 0 saturated carbocycles. The molecule has 5 nitrogen and oxygen atoms in total. The Bertz CT molecular complexity index is 1220. The number of aromatic nitrogens is 1. The van der Waals surface area contributed by atoms with Crippen LogP contribution in [0.3, 0.4) is 0 Å². The Hall–Kier alpha value is -3.38. The van der Waals surface area contributed by atoms with Gasteiger partial charge in [0.25, 0.3) is 5.91 Å². The second-order valence-electron chi connectivity index (χ2n) is 6.52. The van der Waals surface area contributed by atoms with Gasteiger partial charge in [-0.25, -0.2) is 5.43 Å². The Morgan fingerprint density at radius 2 is 1.55 bits per heavy atom. The van der Waals surface area contributed by atoms with Crippen molar-refractivity contribution < 1.29 is 4.79 Å². The summed E-state index contributed by atoms with van der Waals surface area (Å²) < 4.78 is 1.85. The SMILES string of the molecule is CSc1ccc(/C=N\NC(=O)Cn2c3ccccc3c(=O)c3ccccc32)cc1. The lowest BCUT2D eigenvalue weighted by molar-refractivity contribution is -0.121. The van der Waals surface area contributed by atoms with E-state index in [1.54, 1.807) is 30.1 Å². The van der Waals surface area contributed by atoms with E-state index in [0.717, 1.165) is 16.6 Å². The van der Waals surface area contributed by atoms with Gasteiger partial charge >= 0.3 is 0 Å². The number of pyridine rings is 1. The van der Waals surface area contributed by atoms with Crippen molar-refractivity contribution >= 4 is 45.7 Å². The quantitative estimate of drug-likeness (QED) is 0.238. The highest BCUT2D eigenvalue weighted by Crippen LogP contribution is 2.19. The number of nitrogens with one attached hydrogen (secondary N) is 1. The number of hydrogen-bond donors (Lipinski definition) is 1. The highest BCUT2D eigenvalue weighted by Gasteiger charge is 2.12. The molecule has 1 aromatic heterocycles. The van der Waals surface area contributed by atoms with E-state index in [4.69, 9.17) is 0 Å². The average molecular weight is 401 g/mol. The van der Waals surface area contributed by atoms with Gasteiger partial charge in [-0.15, -0.1) is 11.8 Å². The molecular formula is C23H19N3O2S. The standard InChI is InChI=1S/C23H19N3O2S/c1-29-17-12-10-16(11-13-17)14-24-25-22(27)15-26-20-8-4-2-6-18(20)23(28)19-7-3-5-9-21(19)26/h2-14H,15H2,1H3,(H,25,27)/b24-14-. The van der Waals surface area contributed by atoms with Crippen LogP contribution in [0.1, 0.15) is 5.56 Å². The maximum Gasteiger partial charge on any atom is 0.260 e. The smallest absolute Gasteiger partial charge is 0.260 e. The van der Waals surface area contributed by atoms with Crippen molar-refractivity contribution in [3.05, 3.63) is 88.6 Å². The van der Waals surface area contributed by atoms with Crippen LogP contribution in [0.15, 0.2) is 87.6 Å². The maximum absolute atomic E-state index is 12.8. The topological polar surface area (TPSA) is 63.5 Å². The molecule has 6 heteroatoms. The highest BCUT2D eigenvalue weighted by molar-refractivity contribution is 7.98. The molecule has 4 rings (SSSR count). The van der Waals surface area contributed by atoms with Crippen molar-refractivity contribution in [2.24, 2.45) is 5.10 Å². The van der Waals surface area contributed by atoms with Crippen LogP contribution in [0.25, 0.3) is 21.8 Å². The maximum atomic E-state index is 12.8. The molecule has 0 fully saturated rings. The van der Waals surface area contributed by atoms with E-state index in [1.807, 2.05) is 71.5 Å². The molecule has 144 valence electrons. The zero-order chi connectivity index (χ0) is 20.2. The van der Waals surface area contributed by atoms with Gasteiger partial charge in [-0.05, 0) is 48.2 Å². The number of para-hydroxylation sites is 2. The number of rotatable bonds is 5. The molecule has 0 spiro atoms. The van der Waals surface area contributed by atoms with Crippen LogP contribution in [0.5, 0.6) is 0 Å². The summed E-state index contributed by atoms with van der Waals surface area (Å²) >= 11 is 1.67. The predicted octanol–water partition coefficient (Wildman–Crippen LogP) is 4.03. The molecule has 0 bridgehead atoms. The van der Waals surface area contributed by atoms with E-state index in [2.05, 4.69) is 10.5 Å².